The molecule has 0 radical (unpaired) electrons. The van der Waals surface area contributed by atoms with E-state index < -0.39 is 0 Å². The third-order valence-electron chi connectivity index (χ3n) is 3.59. The molecule has 1 fully saturated rings. The molecule has 18 heavy (non-hydrogen) atoms. The lowest BCUT2D eigenvalue weighted by molar-refractivity contribution is 0.306. The zero-order chi connectivity index (χ0) is 12.6. The van der Waals surface area contributed by atoms with Crippen LogP contribution in [0, 0.1) is 6.92 Å². The zero-order valence-electron chi connectivity index (χ0n) is 10.6. The summed E-state index contributed by atoms with van der Waals surface area (Å²) in [5.74, 6) is 1.34. The zero-order valence-corrected chi connectivity index (χ0v) is 10.6. The van der Waals surface area contributed by atoms with Crippen LogP contribution in [-0.2, 0) is 5.41 Å². The highest BCUT2D eigenvalue weighted by Crippen LogP contribution is 2.30. The molecule has 1 unspecified atom stereocenters. The van der Waals surface area contributed by atoms with Crippen molar-refractivity contribution in [2.75, 3.05) is 13.1 Å². The molecule has 1 saturated heterocycles. The first kappa shape index (κ1) is 11.3. The summed E-state index contributed by atoms with van der Waals surface area (Å²) in [5.41, 5.74) is 2.00. The third-order valence-corrected chi connectivity index (χ3v) is 3.59. The summed E-state index contributed by atoms with van der Waals surface area (Å²) >= 11 is 0. The lowest BCUT2D eigenvalue weighted by Gasteiger charge is -2.15. The summed E-state index contributed by atoms with van der Waals surface area (Å²) in [4.78, 5) is 8.65. The number of nitrogens with zero attached hydrogens (tertiary/aromatic N) is 3. The lowest BCUT2D eigenvalue weighted by atomic mass is 9.90. The van der Waals surface area contributed by atoms with Crippen LogP contribution in [0.25, 0.3) is 11.4 Å². The molecule has 94 valence electrons. The molecule has 3 heterocycles. The van der Waals surface area contributed by atoms with Crippen molar-refractivity contribution in [1.29, 1.82) is 0 Å². The molecule has 0 saturated carbocycles. The molecule has 0 aliphatic carbocycles. The molecule has 0 spiro atoms. The second kappa shape index (κ2) is 4.17. The van der Waals surface area contributed by atoms with Crippen LogP contribution in [0.2, 0.25) is 0 Å². The van der Waals surface area contributed by atoms with E-state index in [2.05, 4.69) is 27.4 Å². The van der Waals surface area contributed by atoms with E-state index in [1.165, 1.54) is 0 Å². The van der Waals surface area contributed by atoms with Gasteiger partial charge in [0.25, 0.3) is 0 Å². The molecular weight excluding hydrogens is 228 g/mol. The van der Waals surface area contributed by atoms with Crippen LogP contribution < -0.4 is 5.32 Å². The van der Waals surface area contributed by atoms with Crippen molar-refractivity contribution >= 4 is 0 Å². The van der Waals surface area contributed by atoms with E-state index in [9.17, 15) is 0 Å². The Kier molecular flexibility index (Phi) is 2.63. The van der Waals surface area contributed by atoms with E-state index in [0.717, 1.165) is 30.6 Å². The molecular formula is C13H16N4O. The van der Waals surface area contributed by atoms with E-state index >= 15 is 0 Å². The average Bonchev–Trinajstić information content (AvgIpc) is 2.99. The smallest absolute Gasteiger partial charge is 0.234 e. The number of hydrogen-bond acceptors (Lipinski definition) is 5. The van der Waals surface area contributed by atoms with Crippen LogP contribution in [0.15, 0.2) is 23.0 Å². The highest BCUT2D eigenvalue weighted by atomic mass is 16.5. The molecule has 1 N–H and O–H groups in total. The Morgan fingerprint density at radius 2 is 2.33 bits per heavy atom. The van der Waals surface area contributed by atoms with Gasteiger partial charge in [0.2, 0.25) is 11.7 Å². The maximum atomic E-state index is 5.43. The van der Waals surface area contributed by atoms with Crippen molar-refractivity contribution in [3.8, 4) is 11.4 Å². The Balaban J connectivity index is 1.97. The van der Waals surface area contributed by atoms with Crippen molar-refractivity contribution in [3.63, 3.8) is 0 Å². The minimum Gasteiger partial charge on any atom is -0.338 e. The summed E-state index contributed by atoms with van der Waals surface area (Å²) in [6.45, 7) is 6.06. The second-order valence-electron chi connectivity index (χ2n) is 5.10. The maximum absolute atomic E-state index is 5.43. The van der Waals surface area contributed by atoms with Gasteiger partial charge < -0.3 is 9.84 Å². The van der Waals surface area contributed by atoms with Gasteiger partial charge >= 0.3 is 0 Å². The van der Waals surface area contributed by atoms with Crippen molar-refractivity contribution in [2.24, 2.45) is 0 Å². The Bertz CT molecular complexity index is 558. The Hall–Kier alpha value is -1.75. The second-order valence-corrected chi connectivity index (χ2v) is 5.10. The number of hydrogen-bond donors (Lipinski definition) is 1. The van der Waals surface area contributed by atoms with Gasteiger partial charge in [-0.2, -0.15) is 4.98 Å². The van der Waals surface area contributed by atoms with Crippen LogP contribution >= 0.6 is 0 Å². The van der Waals surface area contributed by atoms with Crippen LogP contribution in [0.1, 0.15) is 24.8 Å². The third kappa shape index (κ3) is 1.80. The first-order valence-corrected chi connectivity index (χ1v) is 6.15. The first-order valence-electron chi connectivity index (χ1n) is 6.15. The highest BCUT2D eigenvalue weighted by molar-refractivity contribution is 5.57. The summed E-state index contributed by atoms with van der Waals surface area (Å²) in [5, 5.41) is 7.41. The number of rotatable bonds is 2. The minimum atomic E-state index is -0.0403. The van der Waals surface area contributed by atoms with E-state index in [4.69, 9.17) is 4.52 Å². The van der Waals surface area contributed by atoms with Gasteiger partial charge in [-0.1, -0.05) is 5.16 Å². The predicted octanol–water partition coefficient (Wildman–Crippen LogP) is 1.69. The number of aromatic nitrogens is 3. The summed E-state index contributed by atoms with van der Waals surface area (Å²) in [6.07, 6.45) is 4.57. The highest BCUT2D eigenvalue weighted by Gasteiger charge is 2.36. The fraction of sp³-hybridized carbons (Fsp3) is 0.462. The molecule has 2 aromatic rings. The normalized spacial score (nSPS) is 23.4. The fourth-order valence-corrected chi connectivity index (χ4v) is 2.28. The van der Waals surface area contributed by atoms with Gasteiger partial charge in [-0.3, -0.25) is 4.98 Å². The average molecular weight is 244 g/mol. The Labute approximate surface area is 106 Å². The first-order chi connectivity index (χ1) is 8.69. The largest absolute Gasteiger partial charge is 0.338 e. The predicted molar refractivity (Wildman–Crippen MR) is 67.1 cm³/mol. The van der Waals surface area contributed by atoms with Gasteiger partial charge in [0.1, 0.15) is 0 Å². The Morgan fingerprint density at radius 3 is 3.06 bits per heavy atom. The standard InChI is InChI=1S/C13H16N4O/c1-9-3-5-14-7-10(9)11-16-12(18-17-11)13(2)4-6-15-8-13/h3,5,7,15H,4,6,8H2,1-2H3. The van der Waals surface area contributed by atoms with Crippen molar-refractivity contribution in [2.45, 2.75) is 25.7 Å². The van der Waals surface area contributed by atoms with Gasteiger partial charge in [-0.05, 0) is 38.4 Å². The number of nitrogens with one attached hydrogen (secondary N) is 1. The van der Waals surface area contributed by atoms with Gasteiger partial charge in [0, 0.05) is 24.5 Å². The molecule has 5 nitrogen and oxygen atoms in total. The summed E-state index contributed by atoms with van der Waals surface area (Å²) in [7, 11) is 0. The maximum Gasteiger partial charge on any atom is 0.234 e. The van der Waals surface area contributed by atoms with Gasteiger partial charge in [-0.25, -0.2) is 0 Å². The van der Waals surface area contributed by atoms with Gasteiger partial charge in [-0.15, -0.1) is 0 Å². The summed E-state index contributed by atoms with van der Waals surface area (Å²) < 4.78 is 5.43. The fourth-order valence-electron chi connectivity index (χ4n) is 2.28. The van der Waals surface area contributed by atoms with Crippen LogP contribution in [0.5, 0.6) is 0 Å². The SMILES string of the molecule is Cc1ccncc1-c1noc(C2(C)CCNC2)n1. The molecule has 1 aliphatic rings. The van der Waals surface area contributed by atoms with Crippen molar-refractivity contribution in [3.05, 3.63) is 29.9 Å². The molecule has 1 atom stereocenters. The quantitative estimate of drug-likeness (QED) is 0.871. The van der Waals surface area contributed by atoms with Gasteiger partial charge in [0.15, 0.2) is 0 Å². The molecule has 5 heteroatoms. The van der Waals surface area contributed by atoms with Crippen LogP contribution in [0.4, 0.5) is 0 Å². The monoisotopic (exact) mass is 244 g/mol. The molecule has 0 amide bonds. The summed E-state index contributed by atoms with van der Waals surface area (Å²) in [6, 6.07) is 1.95. The molecule has 2 aromatic heterocycles. The topological polar surface area (TPSA) is 63.8 Å². The molecule has 3 rings (SSSR count). The van der Waals surface area contributed by atoms with E-state index in [1.54, 1.807) is 12.4 Å². The van der Waals surface area contributed by atoms with Gasteiger partial charge in [0.05, 0.1) is 5.41 Å². The molecule has 0 aromatic carbocycles. The van der Waals surface area contributed by atoms with E-state index in [1.807, 2.05) is 13.0 Å². The Morgan fingerprint density at radius 1 is 1.44 bits per heavy atom. The lowest BCUT2D eigenvalue weighted by Crippen LogP contribution is -2.25. The van der Waals surface area contributed by atoms with Crippen LogP contribution in [0.3, 0.4) is 0 Å². The van der Waals surface area contributed by atoms with Crippen LogP contribution in [-0.4, -0.2) is 28.2 Å². The van der Waals surface area contributed by atoms with E-state index in [-0.39, 0.29) is 5.41 Å². The van der Waals surface area contributed by atoms with Crippen molar-refractivity contribution in [1.82, 2.24) is 20.4 Å². The molecule has 1 aliphatic heterocycles. The number of pyridine rings is 1. The number of aryl methyl sites for hydroxylation is 1. The minimum absolute atomic E-state index is 0.0403. The van der Waals surface area contributed by atoms with Crippen molar-refractivity contribution < 1.29 is 4.52 Å². The van der Waals surface area contributed by atoms with E-state index in [0.29, 0.717) is 11.7 Å². The molecule has 0 bridgehead atoms.